The summed E-state index contributed by atoms with van der Waals surface area (Å²) in [5.41, 5.74) is 2.65. The van der Waals surface area contributed by atoms with E-state index in [2.05, 4.69) is 4.90 Å². The Morgan fingerprint density at radius 3 is 2.67 bits per heavy atom. The standard InChI is InChI=1S/C17H19NO3/c1-20-17(19)13-7-8-14(16-6-5-11-21-16)15(12-13)18-9-3-2-4-10-18/h5-8,11-12H,2-4,9-10H2,1H3. The zero-order valence-corrected chi connectivity index (χ0v) is 12.2. The van der Waals surface area contributed by atoms with Crippen LogP contribution in [0.5, 0.6) is 0 Å². The van der Waals surface area contributed by atoms with E-state index in [9.17, 15) is 4.79 Å². The molecule has 0 spiro atoms. The van der Waals surface area contributed by atoms with Gasteiger partial charge in [-0.15, -0.1) is 0 Å². The van der Waals surface area contributed by atoms with Gasteiger partial charge in [0.25, 0.3) is 0 Å². The summed E-state index contributed by atoms with van der Waals surface area (Å²) in [6, 6.07) is 9.46. The van der Waals surface area contributed by atoms with Crippen LogP contribution in [0.4, 0.5) is 5.69 Å². The zero-order chi connectivity index (χ0) is 14.7. The molecule has 0 N–H and O–H groups in total. The molecule has 0 radical (unpaired) electrons. The van der Waals surface area contributed by atoms with Crippen molar-refractivity contribution < 1.29 is 13.9 Å². The number of hydrogen-bond donors (Lipinski definition) is 0. The second kappa shape index (κ2) is 6.04. The highest BCUT2D eigenvalue weighted by atomic mass is 16.5. The van der Waals surface area contributed by atoms with Crippen molar-refractivity contribution in [3.05, 3.63) is 42.2 Å². The van der Waals surface area contributed by atoms with Crippen LogP contribution in [0, 0.1) is 0 Å². The summed E-state index contributed by atoms with van der Waals surface area (Å²) in [4.78, 5) is 14.1. The molecule has 1 aromatic carbocycles. The Morgan fingerprint density at radius 2 is 2.00 bits per heavy atom. The average molecular weight is 285 g/mol. The Kier molecular flexibility index (Phi) is 3.95. The molecule has 110 valence electrons. The Hall–Kier alpha value is -2.23. The molecule has 1 fully saturated rings. The van der Waals surface area contributed by atoms with Gasteiger partial charge in [0.15, 0.2) is 0 Å². The van der Waals surface area contributed by atoms with E-state index in [-0.39, 0.29) is 5.97 Å². The number of esters is 1. The lowest BCUT2D eigenvalue weighted by molar-refractivity contribution is 0.0601. The third kappa shape index (κ3) is 2.79. The minimum absolute atomic E-state index is 0.306. The van der Waals surface area contributed by atoms with Crippen LogP contribution in [0.2, 0.25) is 0 Å². The molecule has 2 heterocycles. The molecule has 21 heavy (non-hydrogen) atoms. The van der Waals surface area contributed by atoms with Gasteiger partial charge in [-0.25, -0.2) is 4.79 Å². The second-order valence-corrected chi connectivity index (χ2v) is 5.25. The number of rotatable bonds is 3. The maximum atomic E-state index is 11.8. The predicted molar refractivity (Wildman–Crippen MR) is 81.5 cm³/mol. The Bertz CT molecular complexity index is 613. The third-order valence-corrected chi connectivity index (χ3v) is 3.90. The molecule has 4 heteroatoms. The van der Waals surface area contributed by atoms with E-state index in [0.29, 0.717) is 5.56 Å². The van der Waals surface area contributed by atoms with Crippen LogP contribution in [0.3, 0.4) is 0 Å². The fraction of sp³-hybridized carbons (Fsp3) is 0.353. The molecular weight excluding hydrogens is 266 g/mol. The van der Waals surface area contributed by atoms with Crippen LogP contribution >= 0.6 is 0 Å². The summed E-state index contributed by atoms with van der Waals surface area (Å²) in [7, 11) is 1.41. The van der Waals surface area contributed by atoms with Crippen molar-refractivity contribution in [2.45, 2.75) is 19.3 Å². The first-order valence-electron chi connectivity index (χ1n) is 7.31. The maximum absolute atomic E-state index is 11.8. The van der Waals surface area contributed by atoms with Crippen LogP contribution in [0.1, 0.15) is 29.6 Å². The Labute approximate surface area is 124 Å². The van der Waals surface area contributed by atoms with Crippen LogP contribution < -0.4 is 4.90 Å². The molecule has 1 saturated heterocycles. The van der Waals surface area contributed by atoms with Gasteiger partial charge in [0, 0.05) is 24.3 Å². The van der Waals surface area contributed by atoms with E-state index < -0.39 is 0 Å². The van der Waals surface area contributed by atoms with E-state index in [1.165, 1.54) is 26.4 Å². The van der Waals surface area contributed by atoms with Crippen LogP contribution in [0.15, 0.2) is 41.0 Å². The number of ether oxygens (including phenoxy) is 1. The molecule has 2 aromatic rings. The summed E-state index contributed by atoms with van der Waals surface area (Å²) in [5.74, 6) is 0.520. The molecule has 3 rings (SSSR count). The topological polar surface area (TPSA) is 42.7 Å². The smallest absolute Gasteiger partial charge is 0.337 e. The number of carbonyl (C=O) groups excluding carboxylic acids is 1. The molecular formula is C17H19NO3. The first-order chi connectivity index (χ1) is 10.3. The summed E-state index contributed by atoms with van der Waals surface area (Å²) in [6.07, 6.45) is 5.30. The van der Waals surface area contributed by atoms with E-state index in [1.807, 2.05) is 24.3 Å². The lowest BCUT2D eigenvalue weighted by Gasteiger charge is -2.30. The van der Waals surface area contributed by atoms with Crippen LogP contribution in [-0.4, -0.2) is 26.2 Å². The van der Waals surface area contributed by atoms with Crippen molar-refractivity contribution in [1.82, 2.24) is 0 Å². The molecule has 0 unspecified atom stereocenters. The van der Waals surface area contributed by atoms with Gasteiger partial charge < -0.3 is 14.1 Å². The normalized spacial score (nSPS) is 15.0. The molecule has 1 aromatic heterocycles. The largest absolute Gasteiger partial charge is 0.465 e. The number of anilines is 1. The average Bonchev–Trinajstić information content (AvgIpc) is 3.08. The Morgan fingerprint density at radius 1 is 1.19 bits per heavy atom. The van der Waals surface area contributed by atoms with Gasteiger partial charge in [-0.1, -0.05) is 0 Å². The highest BCUT2D eigenvalue weighted by Gasteiger charge is 2.19. The van der Waals surface area contributed by atoms with Crippen molar-refractivity contribution in [2.75, 3.05) is 25.1 Å². The summed E-state index contributed by atoms with van der Waals surface area (Å²) < 4.78 is 10.4. The molecule has 0 bridgehead atoms. The second-order valence-electron chi connectivity index (χ2n) is 5.25. The first-order valence-corrected chi connectivity index (χ1v) is 7.31. The first kappa shape index (κ1) is 13.7. The number of hydrogen-bond acceptors (Lipinski definition) is 4. The quantitative estimate of drug-likeness (QED) is 0.806. The number of piperidine rings is 1. The number of nitrogens with zero attached hydrogens (tertiary/aromatic N) is 1. The summed E-state index contributed by atoms with van der Waals surface area (Å²) >= 11 is 0. The summed E-state index contributed by atoms with van der Waals surface area (Å²) in [6.45, 7) is 2.02. The highest BCUT2D eigenvalue weighted by Crippen LogP contribution is 2.34. The molecule has 0 aliphatic carbocycles. The van der Waals surface area contributed by atoms with Gasteiger partial charge >= 0.3 is 5.97 Å². The molecule has 0 saturated carbocycles. The molecule has 0 amide bonds. The maximum Gasteiger partial charge on any atom is 0.337 e. The number of methoxy groups -OCH3 is 1. The van der Waals surface area contributed by atoms with Crippen molar-refractivity contribution in [2.24, 2.45) is 0 Å². The molecule has 1 aliphatic heterocycles. The van der Waals surface area contributed by atoms with E-state index in [4.69, 9.17) is 9.15 Å². The van der Waals surface area contributed by atoms with Crippen LogP contribution in [-0.2, 0) is 4.74 Å². The van der Waals surface area contributed by atoms with Gasteiger partial charge in [0.05, 0.1) is 18.9 Å². The van der Waals surface area contributed by atoms with E-state index in [0.717, 1.165) is 30.1 Å². The molecule has 4 nitrogen and oxygen atoms in total. The van der Waals surface area contributed by atoms with Crippen molar-refractivity contribution in [1.29, 1.82) is 0 Å². The van der Waals surface area contributed by atoms with Gasteiger partial charge in [-0.05, 0) is 49.6 Å². The highest BCUT2D eigenvalue weighted by molar-refractivity contribution is 5.92. The van der Waals surface area contributed by atoms with Gasteiger partial charge in [0.2, 0.25) is 0 Å². The number of benzene rings is 1. The van der Waals surface area contributed by atoms with Gasteiger partial charge in [-0.3, -0.25) is 0 Å². The molecule has 0 atom stereocenters. The summed E-state index contributed by atoms with van der Waals surface area (Å²) in [5, 5.41) is 0. The monoisotopic (exact) mass is 285 g/mol. The van der Waals surface area contributed by atoms with Gasteiger partial charge in [-0.2, -0.15) is 0 Å². The lowest BCUT2D eigenvalue weighted by Crippen LogP contribution is -2.30. The fourth-order valence-corrected chi connectivity index (χ4v) is 2.81. The van der Waals surface area contributed by atoms with Crippen molar-refractivity contribution in [3.63, 3.8) is 0 Å². The minimum Gasteiger partial charge on any atom is -0.465 e. The SMILES string of the molecule is COC(=O)c1ccc(-c2ccco2)c(N2CCCCC2)c1. The van der Waals surface area contributed by atoms with Crippen LogP contribution in [0.25, 0.3) is 11.3 Å². The molecule has 1 aliphatic rings. The van der Waals surface area contributed by atoms with Crippen molar-refractivity contribution in [3.8, 4) is 11.3 Å². The Balaban J connectivity index is 2.04. The fourth-order valence-electron chi connectivity index (χ4n) is 2.81. The van der Waals surface area contributed by atoms with Gasteiger partial charge in [0.1, 0.15) is 5.76 Å². The zero-order valence-electron chi connectivity index (χ0n) is 12.2. The minimum atomic E-state index is -0.306. The van der Waals surface area contributed by atoms with E-state index in [1.54, 1.807) is 12.3 Å². The van der Waals surface area contributed by atoms with Crippen molar-refractivity contribution >= 4 is 11.7 Å². The predicted octanol–water partition coefficient (Wildman–Crippen LogP) is 3.72. The number of carbonyl (C=O) groups is 1. The van der Waals surface area contributed by atoms with E-state index >= 15 is 0 Å². The number of furan rings is 1. The lowest BCUT2D eigenvalue weighted by atomic mass is 10.0. The third-order valence-electron chi connectivity index (χ3n) is 3.90.